The quantitative estimate of drug-likeness (QED) is 0.347. The number of likely N-dealkylation sites (N-methyl/N-ethyl adjacent to an activating group) is 1. The van der Waals surface area contributed by atoms with Crippen LogP contribution in [0.2, 0.25) is 0 Å². The molecule has 34 heavy (non-hydrogen) atoms. The summed E-state index contributed by atoms with van der Waals surface area (Å²) in [7, 11) is 2.15. The van der Waals surface area contributed by atoms with Gasteiger partial charge in [-0.2, -0.15) is 5.10 Å². The minimum absolute atomic E-state index is 0.197. The summed E-state index contributed by atoms with van der Waals surface area (Å²) >= 11 is -2.32. The smallest absolute Gasteiger partial charge is 0.162 e. The van der Waals surface area contributed by atoms with Crippen LogP contribution >= 0.6 is 0 Å². The first kappa shape index (κ1) is 22.4. The number of anilines is 3. The van der Waals surface area contributed by atoms with Crippen molar-refractivity contribution in [2.45, 2.75) is 6.54 Å². The maximum Gasteiger partial charge on any atom is 0.162 e. The van der Waals surface area contributed by atoms with Crippen molar-refractivity contribution in [1.29, 1.82) is 0 Å². The minimum atomic E-state index is -2.32. The topological polar surface area (TPSA) is 125 Å². The van der Waals surface area contributed by atoms with Crippen LogP contribution in [0, 0.1) is 0 Å². The molecule has 1 saturated heterocycles. The van der Waals surface area contributed by atoms with E-state index in [-0.39, 0.29) is 6.54 Å². The van der Waals surface area contributed by atoms with Gasteiger partial charge in [0, 0.05) is 60.9 Å². The molecule has 10 nitrogen and oxygen atoms in total. The lowest BCUT2D eigenvalue weighted by atomic mass is 10.1. The zero-order valence-corrected chi connectivity index (χ0v) is 19.5. The molecule has 1 aliphatic heterocycles. The van der Waals surface area contributed by atoms with E-state index >= 15 is 0 Å². The average Bonchev–Trinajstić information content (AvgIpc) is 3.33. The highest BCUT2D eigenvalue weighted by Gasteiger charge is 2.15. The summed E-state index contributed by atoms with van der Waals surface area (Å²) in [4.78, 5) is 14.1. The maximum absolute atomic E-state index is 10.8. The molecule has 176 valence electrons. The molecule has 3 heterocycles. The molecule has 0 bridgehead atoms. The number of benzene rings is 2. The van der Waals surface area contributed by atoms with Crippen molar-refractivity contribution in [3.05, 3.63) is 60.3 Å². The molecule has 4 aromatic rings. The van der Waals surface area contributed by atoms with Crippen LogP contribution in [0.3, 0.4) is 0 Å². The van der Waals surface area contributed by atoms with Gasteiger partial charge in [-0.25, -0.2) is 14.7 Å². The first-order chi connectivity index (χ1) is 16.5. The molecule has 1 atom stereocenters. The van der Waals surface area contributed by atoms with Crippen molar-refractivity contribution >= 4 is 39.5 Å². The molecule has 0 aliphatic carbocycles. The molecule has 0 saturated carbocycles. The SMILES string of the molecule is CN1CCN(c2ccc(Nc3nc(-c4cccc(CNS(=O)[O-])c4)nc4cn[nH]c34)cc2)CC1. The zero-order valence-electron chi connectivity index (χ0n) is 18.7. The monoisotopic (exact) mass is 477 g/mol. The number of piperazine rings is 1. The van der Waals surface area contributed by atoms with Crippen LogP contribution in [0.5, 0.6) is 0 Å². The molecule has 0 radical (unpaired) electrons. The van der Waals surface area contributed by atoms with E-state index in [1.54, 1.807) is 6.20 Å². The van der Waals surface area contributed by atoms with Crippen molar-refractivity contribution in [3.63, 3.8) is 0 Å². The van der Waals surface area contributed by atoms with Crippen LogP contribution in [0.25, 0.3) is 22.4 Å². The zero-order chi connectivity index (χ0) is 23.5. The van der Waals surface area contributed by atoms with Crippen molar-refractivity contribution in [3.8, 4) is 11.4 Å². The Kier molecular flexibility index (Phi) is 6.50. The standard InChI is InChI=1S/C23H26N8O2S/c1-30-9-11-31(12-10-30)19-7-5-18(6-8-19)26-23-21-20(15-24-29-21)27-22(28-23)17-4-2-3-16(13-17)14-25-34(32)33/h2-8,13,15,25H,9-12,14H2,1H3,(H,24,29)(H,32,33)(H,26,27,28)/p-1. The first-order valence-electron chi connectivity index (χ1n) is 11.0. The number of rotatable bonds is 7. The summed E-state index contributed by atoms with van der Waals surface area (Å²) in [6, 6.07) is 15.8. The van der Waals surface area contributed by atoms with E-state index in [1.165, 1.54) is 5.69 Å². The van der Waals surface area contributed by atoms with Gasteiger partial charge >= 0.3 is 0 Å². The van der Waals surface area contributed by atoms with E-state index < -0.39 is 11.3 Å². The van der Waals surface area contributed by atoms with Gasteiger partial charge in [0.15, 0.2) is 11.6 Å². The lowest BCUT2D eigenvalue weighted by Crippen LogP contribution is -2.44. The Balaban J connectivity index is 1.39. The Labute approximate surface area is 199 Å². The van der Waals surface area contributed by atoms with Crippen molar-refractivity contribution < 1.29 is 8.76 Å². The van der Waals surface area contributed by atoms with Gasteiger partial charge in [-0.3, -0.25) is 9.31 Å². The Morgan fingerprint density at radius 2 is 1.88 bits per heavy atom. The van der Waals surface area contributed by atoms with Crippen LogP contribution in [-0.2, 0) is 17.8 Å². The summed E-state index contributed by atoms with van der Waals surface area (Å²) in [6.07, 6.45) is 1.66. The fourth-order valence-electron chi connectivity index (χ4n) is 3.98. The molecule has 5 rings (SSSR count). The fourth-order valence-corrected chi connectivity index (χ4v) is 4.26. The third kappa shape index (κ3) is 5.07. The lowest BCUT2D eigenvalue weighted by Gasteiger charge is -2.34. The third-order valence-corrected chi connectivity index (χ3v) is 6.26. The highest BCUT2D eigenvalue weighted by atomic mass is 32.2. The number of nitrogens with zero attached hydrogens (tertiary/aromatic N) is 5. The van der Waals surface area contributed by atoms with Crippen LogP contribution in [0.15, 0.2) is 54.7 Å². The highest BCUT2D eigenvalue weighted by molar-refractivity contribution is 7.77. The second kappa shape index (κ2) is 9.85. The summed E-state index contributed by atoms with van der Waals surface area (Å²) in [5.41, 5.74) is 5.11. The molecular weight excluding hydrogens is 452 g/mol. The first-order valence-corrected chi connectivity index (χ1v) is 12.1. The Morgan fingerprint density at radius 3 is 2.65 bits per heavy atom. The summed E-state index contributed by atoms with van der Waals surface area (Å²) in [5, 5.41) is 10.5. The normalized spacial score (nSPS) is 15.5. The predicted octanol–water partition coefficient (Wildman–Crippen LogP) is 2.40. The van der Waals surface area contributed by atoms with Crippen LogP contribution in [0.4, 0.5) is 17.2 Å². The minimum Gasteiger partial charge on any atom is -0.760 e. The highest BCUT2D eigenvalue weighted by Crippen LogP contribution is 2.27. The molecule has 11 heteroatoms. The number of fused-ring (bicyclic) bond motifs is 1. The third-order valence-electron chi connectivity index (χ3n) is 5.88. The molecule has 0 spiro atoms. The second-order valence-electron chi connectivity index (χ2n) is 8.24. The molecule has 3 N–H and O–H groups in total. The van der Waals surface area contributed by atoms with Gasteiger partial charge in [-0.15, -0.1) is 0 Å². The van der Waals surface area contributed by atoms with Gasteiger partial charge in [-0.05, 0) is 42.9 Å². The number of H-pyrrole nitrogens is 1. The largest absolute Gasteiger partial charge is 0.760 e. The maximum atomic E-state index is 10.8. The summed E-state index contributed by atoms with van der Waals surface area (Å²) in [6.45, 7) is 4.36. The van der Waals surface area contributed by atoms with Gasteiger partial charge in [-0.1, -0.05) is 18.2 Å². The molecule has 1 unspecified atom stereocenters. The van der Waals surface area contributed by atoms with E-state index in [4.69, 9.17) is 4.98 Å². The predicted molar refractivity (Wildman–Crippen MR) is 132 cm³/mol. The summed E-state index contributed by atoms with van der Waals surface area (Å²) in [5.74, 6) is 1.14. The Hall–Kier alpha value is -3.38. The van der Waals surface area contributed by atoms with E-state index in [0.29, 0.717) is 22.7 Å². The van der Waals surface area contributed by atoms with Crippen molar-refractivity contribution in [2.75, 3.05) is 43.4 Å². The van der Waals surface area contributed by atoms with Crippen molar-refractivity contribution in [1.82, 2.24) is 29.8 Å². The van der Waals surface area contributed by atoms with E-state index in [2.05, 4.69) is 54.2 Å². The van der Waals surface area contributed by atoms with Gasteiger partial charge in [0.2, 0.25) is 0 Å². The molecule has 2 aromatic carbocycles. The number of hydrogen-bond acceptors (Lipinski definition) is 8. The molecular formula is C23H25N8O2S-. The van der Waals surface area contributed by atoms with E-state index in [0.717, 1.165) is 43.0 Å². The van der Waals surface area contributed by atoms with Crippen LogP contribution in [0.1, 0.15) is 5.56 Å². The second-order valence-corrected chi connectivity index (χ2v) is 9.00. The van der Waals surface area contributed by atoms with E-state index in [9.17, 15) is 8.76 Å². The van der Waals surface area contributed by atoms with Gasteiger partial charge in [0.25, 0.3) is 0 Å². The van der Waals surface area contributed by atoms with Gasteiger partial charge < -0.3 is 19.7 Å². The molecule has 1 fully saturated rings. The summed E-state index contributed by atoms with van der Waals surface area (Å²) < 4.78 is 24.0. The Bertz CT molecular complexity index is 1300. The van der Waals surface area contributed by atoms with Crippen LogP contribution in [-0.4, -0.2) is 67.1 Å². The number of aromatic nitrogens is 4. The van der Waals surface area contributed by atoms with Gasteiger partial charge in [0.05, 0.1) is 6.20 Å². The number of nitrogens with one attached hydrogen (secondary N) is 3. The van der Waals surface area contributed by atoms with Crippen molar-refractivity contribution in [2.24, 2.45) is 0 Å². The fraction of sp³-hybridized carbons (Fsp3) is 0.261. The number of hydrogen-bond donors (Lipinski definition) is 3. The lowest BCUT2D eigenvalue weighted by molar-refractivity contribution is 0.313. The average molecular weight is 478 g/mol. The number of aromatic amines is 1. The van der Waals surface area contributed by atoms with Gasteiger partial charge in [0.1, 0.15) is 11.0 Å². The molecule has 1 aliphatic rings. The van der Waals surface area contributed by atoms with E-state index in [1.807, 2.05) is 36.4 Å². The molecule has 0 amide bonds. The Morgan fingerprint density at radius 1 is 1.09 bits per heavy atom. The molecule has 2 aromatic heterocycles. The van der Waals surface area contributed by atoms with Crippen LogP contribution < -0.4 is 14.9 Å².